The van der Waals surface area contributed by atoms with E-state index in [1.165, 1.54) is 218 Å². The number of carbonyl (C=O) groups is 3. The molecule has 0 spiro atoms. The zero-order valence-electron chi connectivity index (χ0n) is 44.6. The molecule has 0 aromatic carbocycles. The molecule has 65 heavy (non-hydrogen) atoms. The van der Waals surface area contributed by atoms with Crippen LogP contribution in [0.3, 0.4) is 0 Å². The molecule has 0 bridgehead atoms. The number of hydrogen-bond donors (Lipinski definition) is 0. The number of carbonyl (C=O) groups excluding carboxylic acids is 3. The van der Waals surface area contributed by atoms with Gasteiger partial charge in [0, 0.05) is 19.3 Å². The Morgan fingerprint density at radius 2 is 0.508 bits per heavy atom. The summed E-state index contributed by atoms with van der Waals surface area (Å²) in [5.74, 6) is 0.841. The van der Waals surface area contributed by atoms with Crippen LogP contribution in [0.25, 0.3) is 0 Å². The van der Waals surface area contributed by atoms with Gasteiger partial charge in [0.2, 0.25) is 0 Å². The Balaban J connectivity index is 4.30. The summed E-state index contributed by atoms with van der Waals surface area (Å²) in [7, 11) is 0. The van der Waals surface area contributed by atoms with Gasteiger partial charge >= 0.3 is 17.9 Å². The second-order valence-corrected chi connectivity index (χ2v) is 21.2. The van der Waals surface area contributed by atoms with Crippen LogP contribution in [0.1, 0.15) is 330 Å². The fourth-order valence-electron chi connectivity index (χ4n) is 9.05. The number of esters is 3. The second kappa shape index (κ2) is 51.8. The van der Waals surface area contributed by atoms with E-state index in [2.05, 4.69) is 34.6 Å². The molecular weight excluding hydrogens is 805 g/mol. The molecule has 1 atom stereocenters. The fraction of sp³-hybridized carbons (Fsp3) is 0.949. The van der Waals surface area contributed by atoms with Gasteiger partial charge in [0.05, 0.1) is 0 Å². The zero-order chi connectivity index (χ0) is 47.5. The quantitative estimate of drug-likeness (QED) is 0.0344. The highest BCUT2D eigenvalue weighted by Gasteiger charge is 2.19. The van der Waals surface area contributed by atoms with Crippen molar-refractivity contribution >= 4 is 17.9 Å². The van der Waals surface area contributed by atoms with E-state index in [9.17, 15) is 14.4 Å². The maximum atomic E-state index is 12.8. The molecule has 0 heterocycles. The molecule has 6 nitrogen and oxygen atoms in total. The van der Waals surface area contributed by atoms with Gasteiger partial charge in [-0.1, -0.05) is 291 Å². The Kier molecular flexibility index (Phi) is 50.5. The first-order chi connectivity index (χ1) is 31.7. The minimum Gasteiger partial charge on any atom is -0.462 e. The van der Waals surface area contributed by atoms with Crippen molar-refractivity contribution in [2.24, 2.45) is 11.8 Å². The van der Waals surface area contributed by atoms with E-state index < -0.39 is 6.10 Å². The van der Waals surface area contributed by atoms with Crippen LogP contribution in [-0.4, -0.2) is 37.2 Å². The van der Waals surface area contributed by atoms with Crippen molar-refractivity contribution in [1.29, 1.82) is 0 Å². The van der Waals surface area contributed by atoms with E-state index in [4.69, 9.17) is 14.2 Å². The third kappa shape index (κ3) is 53.2. The fourth-order valence-corrected chi connectivity index (χ4v) is 9.05. The predicted molar refractivity (Wildman–Crippen MR) is 280 cm³/mol. The van der Waals surface area contributed by atoms with Crippen LogP contribution >= 0.6 is 0 Å². The van der Waals surface area contributed by atoms with Crippen molar-refractivity contribution in [3.63, 3.8) is 0 Å². The topological polar surface area (TPSA) is 78.9 Å². The number of rotatable bonds is 53. The van der Waals surface area contributed by atoms with Crippen LogP contribution in [0.2, 0.25) is 0 Å². The average molecular weight is 920 g/mol. The lowest BCUT2D eigenvalue weighted by molar-refractivity contribution is -0.167. The highest BCUT2D eigenvalue weighted by atomic mass is 16.6. The summed E-state index contributed by atoms with van der Waals surface area (Å²) in [6, 6.07) is 0. The Labute approximate surface area is 406 Å². The van der Waals surface area contributed by atoms with Crippen LogP contribution < -0.4 is 0 Å². The van der Waals surface area contributed by atoms with Crippen molar-refractivity contribution in [2.75, 3.05) is 13.2 Å². The predicted octanol–water partition coefficient (Wildman–Crippen LogP) is 19.3. The van der Waals surface area contributed by atoms with Gasteiger partial charge in [-0.3, -0.25) is 14.4 Å². The minimum atomic E-state index is -0.763. The van der Waals surface area contributed by atoms with Gasteiger partial charge in [0.15, 0.2) is 6.10 Å². The van der Waals surface area contributed by atoms with Crippen molar-refractivity contribution in [2.45, 2.75) is 336 Å². The first kappa shape index (κ1) is 63.4. The van der Waals surface area contributed by atoms with Crippen molar-refractivity contribution in [3.8, 4) is 0 Å². The van der Waals surface area contributed by atoms with E-state index in [-0.39, 0.29) is 31.1 Å². The van der Waals surface area contributed by atoms with E-state index in [0.717, 1.165) is 69.6 Å². The van der Waals surface area contributed by atoms with Crippen molar-refractivity contribution < 1.29 is 28.6 Å². The summed E-state index contributed by atoms with van der Waals surface area (Å²) in [4.78, 5) is 38.2. The standard InChI is InChI=1S/C59H114O6/c1-6-7-8-9-10-11-12-13-14-19-26-31-36-41-46-51-59(62)65-56(53-64-58(61)50-45-40-35-30-25-21-20-23-28-33-38-43-48-55(4)5)52-63-57(60)49-44-39-34-29-24-18-16-15-17-22-27-32-37-42-47-54(2)3/h54-56H,6-53H2,1-5H3/t56-/m0/s1. The molecule has 0 aliphatic heterocycles. The number of hydrogen-bond acceptors (Lipinski definition) is 6. The summed E-state index contributed by atoms with van der Waals surface area (Å²) in [6.07, 6.45) is 55.2. The van der Waals surface area contributed by atoms with E-state index in [1.807, 2.05) is 0 Å². The molecule has 0 aliphatic carbocycles. The van der Waals surface area contributed by atoms with Crippen LogP contribution in [0.15, 0.2) is 0 Å². The summed E-state index contributed by atoms with van der Waals surface area (Å²) < 4.78 is 16.9. The highest BCUT2D eigenvalue weighted by Crippen LogP contribution is 2.18. The Bertz CT molecular complexity index is 993. The lowest BCUT2D eigenvalue weighted by Gasteiger charge is -2.18. The van der Waals surface area contributed by atoms with Gasteiger partial charge < -0.3 is 14.2 Å². The molecule has 0 aromatic rings. The third-order valence-corrected chi connectivity index (χ3v) is 13.5. The summed E-state index contributed by atoms with van der Waals surface area (Å²) >= 11 is 0. The van der Waals surface area contributed by atoms with E-state index >= 15 is 0 Å². The normalized spacial score (nSPS) is 12.0. The SMILES string of the molecule is CCCCCCCCCCCCCCCCCC(=O)O[C@@H](COC(=O)CCCCCCCCCCCCCCCCC(C)C)COC(=O)CCCCCCCCCCCCCCC(C)C. The van der Waals surface area contributed by atoms with Crippen molar-refractivity contribution in [3.05, 3.63) is 0 Å². The first-order valence-corrected chi connectivity index (χ1v) is 29.2. The molecule has 0 N–H and O–H groups in total. The third-order valence-electron chi connectivity index (χ3n) is 13.5. The Morgan fingerprint density at radius 3 is 0.754 bits per heavy atom. The second-order valence-electron chi connectivity index (χ2n) is 21.2. The molecule has 0 aromatic heterocycles. The monoisotopic (exact) mass is 919 g/mol. The Morgan fingerprint density at radius 1 is 0.292 bits per heavy atom. The van der Waals surface area contributed by atoms with Gasteiger partial charge in [0.25, 0.3) is 0 Å². The van der Waals surface area contributed by atoms with Crippen LogP contribution in [0.4, 0.5) is 0 Å². The summed E-state index contributed by atoms with van der Waals surface area (Å²) in [5, 5.41) is 0. The maximum absolute atomic E-state index is 12.8. The number of unbranched alkanes of at least 4 members (excludes halogenated alkanes) is 38. The zero-order valence-corrected chi connectivity index (χ0v) is 44.6. The van der Waals surface area contributed by atoms with Crippen LogP contribution in [0.5, 0.6) is 0 Å². The molecule has 0 saturated heterocycles. The highest BCUT2D eigenvalue weighted by molar-refractivity contribution is 5.71. The smallest absolute Gasteiger partial charge is 0.306 e. The van der Waals surface area contributed by atoms with Crippen LogP contribution in [0, 0.1) is 11.8 Å². The number of ether oxygens (including phenoxy) is 3. The molecule has 0 fully saturated rings. The maximum Gasteiger partial charge on any atom is 0.306 e. The lowest BCUT2D eigenvalue weighted by atomic mass is 10.0. The molecular formula is C59H114O6. The molecule has 6 heteroatoms. The largest absolute Gasteiger partial charge is 0.462 e. The Hall–Kier alpha value is -1.59. The first-order valence-electron chi connectivity index (χ1n) is 29.2. The average Bonchev–Trinajstić information content (AvgIpc) is 3.28. The summed E-state index contributed by atoms with van der Waals surface area (Å²) in [5.41, 5.74) is 0. The van der Waals surface area contributed by atoms with Gasteiger partial charge in [0.1, 0.15) is 13.2 Å². The summed E-state index contributed by atoms with van der Waals surface area (Å²) in [6.45, 7) is 11.4. The molecule has 0 aliphatic rings. The lowest BCUT2D eigenvalue weighted by Crippen LogP contribution is -2.30. The van der Waals surface area contributed by atoms with Crippen molar-refractivity contribution in [1.82, 2.24) is 0 Å². The van der Waals surface area contributed by atoms with Gasteiger partial charge in [-0.25, -0.2) is 0 Å². The van der Waals surface area contributed by atoms with E-state index in [0.29, 0.717) is 19.3 Å². The molecule has 0 radical (unpaired) electrons. The minimum absolute atomic E-state index is 0.0625. The van der Waals surface area contributed by atoms with Gasteiger partial charge in [-0.2, -0.15) is 0 Å². The van der Waals surface area contributed by atoms with Gasteiger partial charge in [-0.05, 0) is 31.1 Å². The molecule has 0 rings (SSSR count). The molecule has 0 unspecified atom stereocenters. The van der Waals surface area contributed by atoms with Gasteiger partial charge in [-0.15, -0.1) is 0 Å². The molecule has 0 amide bonds. The molecule has 0 saturated carbocycles. The van der Waals surface area contributed by atoms with E-state index in [1.54, 1.807) is 0 Å². The van der Waals surface area contributed by atoms with Crippen LogP contribution in [-0.2, 0) is 28.6 Å². The molecule has 386 valence electrons.